The Balaban J connectivity index is 1.51. The molecule has 116 valence electrons. The van der Waals surface area contributed by atoms with Gasteiger partial charge in [-0.15, -0.1) is 0 Å². The standard InChI is InChI=1S/C17H19ClN2O2/c18-14-5-8-22-16-2-1-12(9-13(14)16)17(21)19-15-10-20-6-3-11(15)4-7-20/h1-2,5,9,11,15H,3-4,6-8,10H2,(H,19,21)/t15-/m0/s1. The monoisotopic (exact) mass is 318 g/mol. The third-order valence-electron chi connectivity index (χ3n) is 4.97. The maximum atomic E-state index is 12.5. The predicted octanol–water partition coefficient (Wildman–Crippen LogP) is 2.48. The highest BCUT2D eigenvalue weighted by Crippen LogP contribution is 2.33. The minimum Gasteiger partial charge on any atom is -0.489 e. The molecule has 1 aromatic carbocycles. The number of ether oxygens (including phenoxy) is 1. The lowest BCUT2D eigenvalue weighted by molar-refractivity contribution is 0.0620. The summed E-state index contributed by atoms with van der Waals surface area (Å²) in [4.78, 5) is 15.0. The summed E-state index contributed by atoms with van der Waals surface area (Å²) in [5, 5.41) is 3.86. The Bertz CT molecular complexity index is 636. The zero-order valence-electron chi connectivity index (χ0n) is 12.3. The number of carbonyl (C=O) groups excluding carboxylic acids is 1. The molecule has 4 heterocycles. The van der Waals surface area contributed by atoms with Crippen LogP contribution in [-0.4, -0.2) is 43.1 Å². The van der Waals surface area contributed by atoms with E-state index in [1.807, 2.05) is 24.3 Å². The SMILES string of the molecule is O=C(N[C@H]1CN2CCC1CC2)c1ccc2c(c1)C(Cl)=CCO2. The fourth-order valence-electron chi connectivity index (χ4n) is 3.68. The summed E-state index contributed by atoms with van der Waals surface area (Å²) in [6, 6.07) is 5.74. The van der Waals surface area contributed by atoms with E-state index in [0.29, 0.717) is 23.1 Å². The van der Waals surface area contributed by atoms with E-state index in [9.17, 15) is 4.79 Å². The quantitative estimate of drug-likeness (QED) is 0.911. The van der Waals surface area contributed by atoms with E-state index in [-0.39, 0.29) is 11.9 Å². The predicted molar refractivity (Wildman–Crippen MR) is 86.2 cm³/mol. The molecule has 5 heteroatoms. The van der Waals surface area contributed by atoms with Gasteiger partial charge in [0.05, 0.1) is 5.03 Å². The molecule has 4 aliphatic heterocycles. The number of halogens is 1. The van der Waals surface area contributed by atoms with Crippen LogP contribution in [0.1, 0.15) is 28.8 Å². The van der Waals surface area contributed by atoms with Crippen LogP contribution in [0.5, 0.6) is 5.75 Å². The van der Waals surface area contributed by atoms with E-state index in [2.05, 4.69) is 10.2 Å². The number of nitrogens with zero attached hydrogens (tertiary/aromatic N) is 1. The summed E-state index contributed by atoms with van der Waals surface area (Å²) in [6.45, 7) is 3.81. The summed E-state index contributed by atoms with van der Waals surface area (Å²) in [6.07, 6.45) is 4.20. The fourth-order valence-corrected chi connectivity index (χ4v) is 3.89. The van der Waals surface area contributed by atoms with Crippen LogP contribution in [0.2, 0.25) is 0 Å². The van der Waals surface area contributed by atoms with E-state index < -0.39 is 0 Å². The molecule has 1 atom stereocenters. The number of fused-ring (bicyclic) bond motifs is 4. The highest BCUT2D eigenvalue weighted by molar-refractivity contribution is 6.49. The topological polar surface area (TPSA) is 41.6 Å². The lowest BCUT2D eigenvalue weighted by atomic mass is 9.84. The van der Waals surface area contributed by atoms with Gasteiger partial charge < -0.3 is 15.0 Å². The Morgan fingerprint density at radius 2 is 2.14 bits per heavy atom. The average Bonchev–Trinajstić information content (AvgIpc) is 2.56. The lowest BCUT2D eigenvalue weighted by Crippen LogP contribution is -2.57. The van der Waals surface area contributed by atoms with Crippen LogP contribution in [0.4, 0.5) is 0 Å². The number of amides is 1. The first-order valence-electron chi connectivity index (χ1n) is 7.87. The van der Waals surface area contributed by atoms with Crippen molar-refractivity contribution in [3.05, 3.63) is 35.4 Å². The van der Waals surface area contributed by atoms with Gasteiger partial charge >= 0.3 is 0 Å². The van der Waals surface area contributed by atoms with Crippen LogP contribution < -0.4 is 10.1 Å². The second-order valence-corrected chi connectivity index (χ2v) is 6.70. The van der Waals surface area contributed by atoms with E-state index in [1.54, 1.807) is 0 Å². The van der Waals surface area contributed by atoms with Crippen molar-refractivity contribution in [2.24, 2.45) is 5.92 Å². The Kier molecular flexibility index (Phi) is 3.59. The van der Waals surface area contributed by atoms with Crippen LogP contribution >= 0.6 is 11.6 Å². The lowest BCUT2D eigenvalue weighted by Gasteiger charge is -2.44. The normalized spacial score (nSPS) is 29.3. The first-order chi connectivity index (χ1) is 10.7. The minimum absolute atomic E-state index is 0.0170. The summed E-state index contributed by atoms with van der Waals surface area (Å²) in [7, 11) is 0. The van der Waals surface area contributed by atoms with Gasteiger partial charge in [-0.3, -0.25) is 4.79 Å². The molecule has 3 fully saturated rings. The van der Waals surface area contributed by atoms with Crippen molar-refractivity contribution in [1.82, 2.24) is 10.2 Å². The van der Waals surface area contributed by atoms with Crippen LogP contribution in [0, 0.1) is 5.92 Å². The zero-order chi connectivity index (χ0) is 15.1. The largest absolute Gasteiger partial charge is 0.489 e. The van der Waals surface area contributed by atoms with E-state index in [4.69, 9.17) is 16.3 Å². The summed E-state index contributed by atoms with van der Waals surface area (Å²) >= 11 is 6.21. The molecular weight excluding hydrogens is 300 g/mol. The van der Waals surface area contributed by atoms with Gasteiger partial charge in [0.2, 0.25) is 0 Å². The van der Waals surface area contributed by atoms with Gasteiger partial charge in [0.25, 0.3) is 5.91 Å². The third kappa shape index (κ3) is 2.50. The van der Waals surface area contributed by atoms with Gasteiger partial charge in [-0.05, 0) is 56.1 Å². The molecule has 1 amide bonds. The number of hydrogen-bond acceptors (Lipinski definition) is 3. The number of rotatable bonds is 2. The zero-order valence-corrected chi connectivity index (χ0v) is 13.1. The van der Waals surface area contributed by atoms with Gasteiger partial charge in [0, 0.05) is 23.7 Å². The maximum Gasteiger partial charge on any atom is 0.251 e. The summed E-state index contributed by atoms with van der Waals surface area (Å²) in [5.41, 5.74) is 1.45. The Labute approximate surface area is 135 Å². The van der Waals surface area contributed by atoms with Crippen LogP contribution in [-0.2, 0) is 0 Å². The van der Waals surface area contributed by atoms with Crippen molar-refractivity contribution in [1.29, 1.82) is 0 Å². The summed E-state index contributed by atoms with van der Waals surface area (Å²) < 4.78 is 5.52. The highest BCUT2D eigenvalue weighted by atomic mass is 35.5. The second-order valence-electron chi connectivity index (χ2n) is 6.29. The fraction of sp³-hybridized carbons (Fsp3) is 0.471. The molecule has 5 rings (SSSR count). The highest BCUT2D eigenvalue weighted by Gasteiger charge is 2.35. The molecule has 1 N–H and O–H groups in total. The van der Waals surface area contributed by atoms with Crippen molar-refractivity contribution in [2.45, 2.75) is 18.9 Å². The average molecular weight is 319 g/mol. The molecule has 0 aromatic heterocycles. The molecule has 4 aliphatic rings. The number of nitrogens with one attached hydrogen (secondary N) is 1. The van der Waals surface area contributed by atoms with Crippen LogP contribution in [0.3, 0.4) is 0 Å². The van der Waals surface area contributed by atoms with Gasteiger partial charge in [-0.2, -0.15) is 0 Å². The van der Waals surface area contributed by atoms with Crippen molar-refractivity contribution in [2.75, 3.05) is 26.2 Å². The molecular formula is C17H19ClN2O2. The number of carbonyl (C=O) groups is 1. The molecule has 3 saturated heterocycles. The van der Waals surface area contributed by atoms with Gasteiger partial charge in [-0.25, -0.2) is 0 Å². The molecule has 0 aliphatic carbocycles. The molecule has 0 saturated carbocycles. The van der Waals surface area contributed by atoms with Crippen LogP contribution in [0.25, 0.3) is 5.03 Å². The molecule has 1 aromatic rings. The summed E-state index contributed by atoms with van der Waals surface area (Å²) in [5.74, 6) is 1.35. The van der Waals surface area contributed by atoms with Crippen LogP contribution in [0.15, 0.2) is 24.3 Å². The molecule has 0 unspecified atom stereocenters. The van der Waals surface area contributed by atoms with Crippen molar-refractivity contribution < 1.29 is 9.53 Å². The Hall–Kier alpha value is -1.52. The minimum atomic E-state index is -0.0170. The molecule has 0 spiro atoms. The number of benzene rings is 1. The first-order valence-corrected chi connectivity index (χ1v) is 8.24. The van der Waals surface area contributed by atoms with Gasteiger partial charge in [0.15, 0.2) is 0 Å². The first kappa shape index (κ1) is 14.1. The van der Waals surface area contributed by atoms with Crippen molar-refractivity contribution in [3.8, 4) is 5.75 Å². The second kappa shape index (κ2) is 5.60. The van der Waals surface area contributed by atoms with E-state index in [0.717, 1.165) is 17.9 Å². The molecule has 4 nitrogen and oxygen atoms in total. The molecule has 0 radical (unpaired) electrons. The van der Waals surface area contributed by atoms with Gasteiger partial charge in [0.1, 0.15) is 12.4 Å². The smallest absolute Gasteiger partial charge is 0.251 e. The Morgan fingerprint density at radius 1 is 1.32 bits per heavy atom. The van der Waals surface area contributed by atoms with E-state index >= 15 is 0 Å². The van der Waals surface area contributed by atoms with Crippen molar-refractivity contribution in [3.63, 3.8) is 0 Å². The number of hydrogen-bond donors (Lipinski definition) is 1. The number of piperidine rings is 3. The maximum absolute atomic E-state index is 12.5. The molecule has 2 bridgehead atoms. The Morgan fingerprint density at radius 3 is 2.86 bits per heavy atom. The molecule has 22 heavy (non-hydrogen) atoms. The van der Waals surface area contributed by atoms with E-state index in [1.165, 1.54) is 25.9 Å². The third-order valence-corrected chi connectivity index (χ3v) is 5.33. The van der Waals surface area contributed by atoms with Gasteiger partial charge in [-0.1, -0.05) is 11.6 Å². The van der Waals surface area contributed by atoms with Crippen molar-refractivity contribution >= 4 is 22.5 Å².